The van der Waals surface area contributed by atoms with Crippen molar-refractivity contribution in [3.8, 4) is 5.75 Å². The van der Waals surface area contributed by atoms with Crippen molar-refractivity contribution in [3.63, 3.8) is 0 Å². The minimum absolute atomic E-state index is 0.439. The molecule has 3 rings (SSSR count). The molecule has 27 heavy (non-hydrogen) atoms. The largest absolute Gasteiger partial charge is 0.497 e. The SMILES string of the molecule is COc1ccc(C2CN(C)Cc3cc(CCCCNC(C)C)ccc32)cc1. The lowest BCUT2D eigenvalue weighted by atomic mass is 9.83. The third-order valence-corrected chi connectivity index (χ3v) is 5.48. The molecular formula is C24H34N2O. The first-order chi connectivity index (χ1) is 13.1. The van der Waals surface area contributed by atoms with E-state index in [4.69, 9.17) is 4.74 Å². The number of rotatable bonds is 8. The van der Waals surface area contributed by atoms with Crippen molar-refractivity contribution in [1.82, 2.24) is 10.2 Å². The third-order valence-electron chi connectivity index (χ3n) is 5.48. The van der Waals surface area contributed by atoms with Crippen LogP contribution in [-0.4, -0.2) is 38.2 Å². The lowest BCUT2D eigenvalue weighted by molar-refractivity contribution is 0.295. The molecule has 0 spiro atoms. The Bertz CT molecular complexity index is 724. The Labute approximate surface area is 164 Å². The minimum Gasteiger partial charge on any atom is -0.497 e. The van der Waals surface area contributed by atoms with Crippen LogP contribution in [0.4, 0.5) is 0 Å². The molecule has 1 heterocycles. The molecule has 2 aromatic rings. The van der Waals surface area contributed by atoms with Crippen LogP contribution in [0.3, 0.4) is 0 Å². The Kier molecular flexibility index (Phi) is 6.92. The number of unbranched alkanes of at least 4 members (excludes halogenated alkanes) is 1. The summed E-state index contributed by atoms with van der Waals surface area (Å²) in [6.07, 6.45) is 3.66. The van der Waals surface area contributed by atoms with Crippen LogP contribution >= 0.6 is 0 Å². The molecule has 0 fully saturated rings. The third kappa shape index (κ3) is 5.33. The first kappa shape index (κ1) is 19.9. The van der Waals surface area contributed by atoms with E-state index >= 15 is 0 Å². The quantitative estimate of drug-likeness (QED) is 0.692. The molecule has 0 aromatic heterocycles. The van der Waals surface area contributed by atoms with E-state index in [1.54, 1.807) is 7.11 Å². The van der Waals surface area contributed by atoms with Gasteiger partial charge < -0.3 is 15.0 Å². The summed E-state index contributed by atoms with van der Waals surface area (Å²) in [5.41, 5.74) is 5.82. The van der Waals surface area contributed by atoms with Crippen LogP contribution in [0.15, 0.2) is 42.5 Å². The number of hydrogen-bond donors (Lipinski definition) is 1. The van der Waals surface area contributed by atoms with Gasteiger partial charge in [0.1, 0.15) is 5.75 Å². The van der Waals surface area contributed by atoms with Crippen LogP contribution in [0.5, 0.6) is 5.75 Å². The molecule has 3 heteroatoms. The van der Waals surface area contributed by atoms with Gasteiger partial charge in [-0.2, -0.15) is 0 Å². The van der Waals surface area contributed by atoms with Gasteiger partial charge in [0.05, 0.1) is 7.11 Å². The monoisotopic (exact) mass is 366 g/mol. The van der Waals surface area contributed by atoms with E-state index in [1.807, 2.05) is 0 Å². The standard InChI is InChI=1S/C24H34N2O/c1-18(2)25-14-6-5-7-19-8-13-23-21(15-19)16-26(3)17-24(23)20-9-11-22(27-4)12-10-20/h8-13,15,18,24-25H,5-7,14,16-17H2,1-4H3. The normalized spacial score (nSPS) is 17.1. The molecular weight excluding hydrogens is 332 g/mol. The number of aryl methyl sites for hydroxylation is 1. The van der Waals surface area contributed by atoms with Crippen LogP contribution in [0, 0.1) is 0 Å². The zero-order valence-electron chi connectivity index (χ0n) is 17.3. The highest BCUT2D eigenvalue weighted by Gasteiger charge is 2.24. The zero-order chi connectivity index (χ0) is 19.2. The van der Waals surface area contributed by atoms with Gasteiger partial charge in [0.15, 0.2) is 0 Å². The number of likely N-dealkylation sites (N-methyl/N-ethyl adjacent to an activating group) is 1. The predicted octanol–water partition coefficient (Wildman–Crippen LogP) is 4.59. The molecule has 0 saturated heterocycles. The number of fused-ring (bicyclic) bond motifs is 1. The number of ether oxygens (including phenoxy) is 1. The maximum absolute atomic E-state index is 5.32. The fraction of sp³-hybridized carbons (Fsp3) is 0.500. The summed E-state index contributed by atoms with van der Waals surface area (Å²) in [5.74, 6) is 1.36. The van der Waals surface area contributed by atoms with E-state index in [1.165, 1.54) is 41.5 Å². The summed E-state index contributed by atoms with van der Waals surface area (Å²) in [6.45, 7) is 7.65. The van der Waals surface area contributed by atoms with Gasteiger partial charge in [-0.1, -0.05) is 44.2 Å². The van der Waals surface area contributed by atoms with Crippen LogP contribution < -0.4 is 10.1 Å². The average molecular weight is 367 g/mol. The number of nitrogens with one attached hydrogen (secondary N) is 1. The first-order valence-electron chi connectivity index (χ1n) is 10.2. The van der Waals surface area contributed by atoms with Gasteiger partial charge in [-0.25, -0.2) is 0 Å². The van der Waals surface area contributed by atoms with Crippen molar-refractivity contribution in [2.24, 2.45) is 0 Å². The smallest absolute Gasteiger partial charge is 0.118 e. The van der Waals surface area contributed by atoms with E-state index in [2.05, 4.69) is 73.6 Å². The van der Waals surface area contributed by atoms with Crippen LogP contribution in [0.25, 0.3) is 0 Å². The molecule has 0 bridgehead atoms. The van der Waals surface area contributed by atoms with Crippen molar-refractivity contribution < 1.29 is 4.74 Å². The van der Waals surface area contributed by atoms with E-state index in [-0.39, 0.29) is 0 Å². The summed E-state index contributed by atoms with van der Waals surface area (Å²) in [5, 5.41) is 3.50. The molecule has 0 aliphatic carbocycles. The van der Waals surface area contributed by atoms with E-state index in [0.29, 0.717) is 12.0 Å². The van der Waals surface area contributed by atoms with Gasteiger partial charge in [-0.05, 0) is 67.2 Å². The van der Waals surface area contributed by atoms with Crippen molar-refractivity contribution in [1.29, 1.82) is 0 Å². The fourth-order valence-electron chi connectivity index (χ4n) is 4.02. The highest BCUT2D eigenvalue weighted by Crippen LogP contribution is 2.34. The molecule has 1 atom stereocenters. The molecule has 2 aromatic carbocycles. The number of hydrogen-bond acceptors (Lipinski definition) is 3. The predicted molar refractivity (Wildman–Crippen MR) is 114 cm³/mol. The fourth-order valence-corrected chi connectivity index (χ4v) is 4.02. The van der Waals surface area contributed by atoms with Gasteiger partial charge >= 0.3 is 0 Å². The molecule has 1 unspecified atom stereocenters. The second kappa shape index (κ2) is 9.38. The zero-order valence-corrected chi connectivity index (χ0v) is 17.3. The topological polar surface area (TPSA) is 24.5 Å². The Morgan fingerprint density at radius 1 is 1.11 bits per heavy atom. The van der Waals surface area contributed by atoms with Crippen molar-refractivity contribution in [3.05, 3.63) is 64.7 Å². The summed E-state index contributed by atoms with van der Waals surface area (Å²) in [6, 6.07) is 16.3. The van der Waals surface area contributed by atoms with E-state index in [0.717, 1.165) is 25.4 Å². The van der Waals surface area contributed by atoms with Gasteiger partial charge in [-0.15, -0.1) is 0 Å². The highest BCUT2D eigenvalue weighted by atomic mass is 16.5. The van der Waals surface area contributed by atoms with Gasteiger partial charge in [0.2, 0.25) is 0 Å². The Morgan fingerprint density at radius 3 is 2.59 bits per heavy atom. The molecule has 1 N–H and O–H groups in total. The van der Waals surface area contributed by atoms with Gasteiger partial charge in [0.25, 0.3) is 0 Å². The summed E-state index contributed by atoms with van der Waals surface area (Å²) < 4.78 is 5.32. The van der Waals surface area contributed by atoms with Crippen molar-refractivity contribution >= 4 is 0 Å². The maximum Gasteiger partial charge on any atom is 0.118 e. The maximum atomic E-state index is 5.32. The van der Waals surface area contributed by atoms with Gasteiger partial charge in [-0.3, -0.25) is 0 Å². The van der Waals surface area contributed by atoms with E-state index in [9.17, 15) is 0 Å². The van der Waals surface area contributed by atoms with Crippen molar-refractivity contribution in [2.45, 2.75) is 51.6 Å². The second-order valence-corrected chi connectivity index (χ2v) is 8.12. The van der Waals surface area contributed by atoms with Gasteiger partial charge in [0, 0.05) is 25.0 Å². The Balaban J connectivity index is 1.69. The average Bonchev–Trinajstić information content (AvgIpc) is 2.66. The molecule has 146 valence electrons. The molecule has 0 radical (unpaired) electrons. The lowest BCUT2D eigenvalue weighted by Crippen LogP contribution is -2.31. The minimum atomic E-state index is 0.439. The first-order valence-corrected chi connectivity index (χ1v) is 10.2. The summed E-state index contributed by atoms with van der Waals surface area (Å²) in [7, 11) is 3.95. The number of nitrogens with zero attached hydrogens (tertiary/aromatic N) is 1. The highest BCUT2D eigenvalue weighted by molar-refractivity contribution is 5.43. The Hall–Kier alpha value is -1.84. The molecule has 1 aliphatic rings. The molecule has 0 amide bonds. The van der Waals surface area contributed by atoms with E-state index < -0.39 is 0 Å². The Morgan fingerprint density at radius 2 is 1.89 bits per heavy atom. The number of methoxy groups -OCH3 is 1. The van der Waals surface area contributed by atoms with Crippen LogP contribution in [0.1, 0.15) is 54.9 Å². The lowest BCUT2D eigenvalue weighted by Gasteiger charge is -2.33. The summed E-state index contributed by atoms with van der Waals surface area (Å²) in [4.78, 5) is 2.44. The number of benzene rings is 2. The summed E-state index contributed by atoms with van der Waals surface area (Å²) >= 11 is 0. The van der Waals surface area contributed by atoms with Crippen LogP contribution in [-0.2, 0) is 13.0 Å². The van der Waals surface area contributed by atoms with Crippen LogP contribution in [0.2, 0.25) is 0 Å². The second-order valence-electron chi connectivity index (χ2n) is 8.12. The van der Waals surface area contributed by atoms with Crippen molar-refractivity contribution in [2.75, 3.05) is 27.2 Å². The molecule has 1 aliphatic heterocycles. The molecule has 0 saturated carbocycles. The molecule has 3 nitrogen and oxygen atoms in total.